The van der Waals surface area contributed by atoms with Crippen molar-refractivity contribution in [2.45, 2.75) is 19.8 Å². The van der Waals surface area contributed by atoms with Crippen molar-refractivity contribution in [3.63, 3.8) is 0 Å². The number of allylic oxidation sites excluding steroid dienone is 4. The van der Waals surface area contributed by atoms with E-state index in [1.165, 1.54) is 0 Å². The van der Waals surface area contributed by atoms with Crippen molar-refractivity contribution in [3.8, 4) is 28.3 Å². The Hall–Kier alpha value is -5.53. The summed E-state index contributed by atoms with van der Waals surface area (Å²) in [6.45, 7) is 2.07. The summed E-state index contributed by atoms with van der Waals surface area (Å²) >= 11 is 0. The van der Waals surface area contributed by atoms with Crippen LogP contribution in [0.3, 0.4) is 0 Å². The van der Waals surface area contributed by atoms with Gasteiger partial charge in [-0.1, -0.05) is 78.9 Å². The van der Waals surface area contributed by atoms with Crippen LogP contribution in [0, 0.1) is 18.3 Å². The van der Waals surface area contributed by atoms with E-state index in [1.54, 1.807) is 16.5 Å². The van der Waals surface area contributed by atoms with Crippen LogP contribution in [0.4, 0.5) is 0 Å². The lowest BCUT2D eigenvalue weighted by Gasteiger charge is -2.14. The minimum Gasteiger partial charge on any atom is -0.268 e. The monoisotopic (exact) mass is 539 g/mol. The van der Waals surface area contributed by atoms with Gasteiger partial charge in [0.2, 0.25) is 0 Å². The van der Waals surface area contributed by atoms with Gasteiger partial charge in [-0.2, -0.15) is 5.26 Å². The summed E-state index contributed by atoms with van der Waals surface area (Å²) in [5.74, 6) is 0. The molecule has 1 aliphatic carbocycles. The molecule has 4 heteroatoms. The number of hydrogen-bond acceptors (Lipinski definition) is 3. The Morgan fingerprint density at radius 2 is 1.60 bits per heavy atom. The molecule has 0 fully saturated rings. The summed E-state index contributed by atoms with van der Waals surface area (Å²) in [5.41, 5.74) is 10.0. The van der Waals surface area contributed by atoms with Crippen molar-refractivity contribution in [1.29, 1.82) is 5.26 Å². The van der Waals surface area contributed by atoms with Crippen molar-refractivity contribution in [2.75, 3.05) is 0 Å². The summed E-state index contributed by atoms with van der Waals surface area (Å²) in [6, 6.07) is 32.8. The summed E-state index contributed by atoms with van der Waals surface area (Å²) < 4.78 is 1.77. The Kier molecular flexibility index (Phi) is 5.35. The van der Waals surface area contributed by atoms with Gasteiger partial charge >= 0.3 is 0 Å². The van der Waals surface area contributed by atoms with Crippen molar-refractivity contribution in [3.05, 3.63) is 136 Å². The van der Waals surface area contributed by atoms with E-state index in [-0.39, 0.29) is 5.56 Å². The Labute approximate surface area is 242 Å². The Morgan fingerprint density at radius 1 is 0.786 bits per heavy atom. The van der Waals surface area contributed by atoms with Crippen molar-refractivity contribution >= 4 is 43.8 Å². The molecule has 0 spiro atoms. The fourth-order valence-corrected chi connectivity index (χ4v) is 6.57. The van der Waals surface area contributed by atoms with E-state index < -0.39 is 0 Å². The normalized spacial score (nSPS) is 13.3. The first-order valence-electron chi connectivity index (χ1n) is 14.2. The number of imidazole rings is 1. The first-order valence-corrected chi connectivity index (χ1v) is 14.2. The topological polar surface area (TPSA) is 58.2 Å². The highest BCUT2D eigenvalue weighted by atomic mass is 16.1. The fourth-order valence-electron chi connectivity index (χ4n) is 6.57. The zero-order valence-corrected chi connectivity index (χ0v) is 23.1. The first kappa shape index (κ1) is 24.3. The van der Waals surface area contributed by atoms with Crippen LogP contribution in [-0.4, -0.2) is 9.38 Å². The second-order valence-corrected chi connectivity index (χ2v) is 11.0. The Bertz CT molecular complexity index is 2390. The highest BCUT2D eigenvalue weighted by Crippen LogP contribution is 2.40. The molecule has 4 nitrogen and oxygen atoms in total. The number of fused-ring (bicyclic) bond motifs is 4. The lowest BCUT2D eigenvalue weighted by Crippen LogP contribution is -2.13. The highest BCUT2D eigenvalue weighted by Gasteiger charge is 2.22. The van der Waals surface area contributed by atoms with Gasteiger partial charge in [0.05, 0.1) is 22.7 Å². The van der Waals surface area contributed by atoms with Crippen LogP contribution >= 0.6 is 0 Å². The minimum absolute atomic E-state index is 0.124. The number of benzene rings is 5. The van der Waals surface area contributed by atoms with Crippen molar-refractivity contribution in [1.82, 2.24) is 9.38 Å². The quantitative estimate of drug-likeness (QED) is 0.225. The standard InChI is InChI=1S/C38H25N3O/c1-23-10-8-9-15-28(23)29-18-19-30-35-31(17-16-26(22-39)34(29)35)38(42)41-33-21-27(24-11-4-2-5-12-24)20-32(36(33)40-37(30)41)25-13-6-3-7-14-25/h3-4,6-21H,2,5H2,1H3. The lowest BCUT2D eigenvalue weighted by atomic mass is 9.89. The smallest absolute Gasteiger partial charge is 0.264 e. The molecule has 0 amide bonds. The third kappa shape index (κ3) is 3.47. The predicted octanol–water partition coefficient (Wildman–Crippen LogP) is 8.84. The molecule has 5 aromatic carbocycles. The van der Waals surface area contributed by atoms with Crippen LogP contribution in [0.2, 0.25) is 0 Å². The molecular formula is C38H25N3O. The van der Waals surface area contributed by atoms with Gasteiger partial charge in [-0.25, -0.2) is 4.98 Å². The van der Waals surface area contributed by atoms with E-state index in [0.29, 0.717) is 16.6 Å². The summed E-state index contributed by atoms with van der Waals surface area (Å²) in [5, 5.41) is 13.2. The van der Waals surface area contributed by atoms with E-state index in [4.69, 9.17) is 4.98 Å². The second-order valence-electron chi connectivity index (χ2n) is 11.0. The van der Waals surface area contributed by atoms with Crippen molar-refractivity contribution < 1.29 is 0 Å². The number of nitrogens with zero attached hydrogens (tertiary/aromatic N) is 3. The van der Waals surface area contributed by atoms with Crippen LogP contribution in [0.15, 0.2) is 114 Å². The van der Waals surface area contributed by atoms with Crippen molar-refractivity contribution in [2.24, 2.45) is 0 Å². The molecule has 0 saturated heterocycles. The molecule has 2 heterocycles. The second kappa shape index (κ2) is 9.26. The predicted molar refractivity (Wildman–Crippen MR) is 172 cm³/mol. The Morgan fingerprint density at radius 3 is 2.38 bits per heavy atom. The average molecular weight is 540 g/mol. The maximum Gasteiger partial charge on any atom is 0.264 e. The van der Waals surface area contributed by atoms with E-state index >= 15 is 0 Å². The molecule has 1 aliphatic rings. The summed E-state index contributed by atoms with van der Waals surface area (Å²) in [4.78, 5) is 19.6. The van der Waals surface area contributed by atoms with Crippen LogP contribution < -0.4 is 5.56 Å². The number of pyridine rings is 1. The number of aromatic nitrogens is 2. The average Bonchev–Trinajstić information content (AvgIpc) is 3.44. The molecule has 8 rings (SSSR count). The molecule has 0 N–H and O–H groups in total. The molecule has 0 radical (unpaired) electrons. The maximum atomic E-state index is 14.4. The van der Waals surface area contributed by atoms with Gasteiger partial charge in [0, 0.05) is 27.1 Å². The number of rotatable bonds is 3. The highest BCUT2D eigenvalue weighted by molar-refractivity contribution is 6.21. The summed E-state index contributed by atoms with van der Waals surface area (Å²) in [6.07, 6.45) is 8.66. The largest absolute Gasteiger partial charge is 0.268 e. The van der Waals surface area contributed by atoms with Gasteiger partial charge in [-0.05, 0) is 83.5 Å². The molecule has 0 unspecified atom stereocenters. The molecule has 7 aromatic rings. The van der Waals surface area contributed by atoms with E-state index in [9.17, 15) is 10.1 Å². The van der Waals surface area contributed by atoms with E-state index in [1.807, 2.05) is 30.3 Å². The maximum absolute atomic E-state index is 14.4. The third-order valence-electron chi connectivity index (χ3n) is 8.56. The van der Waals surface area contributed by atoms with Crippen LogP contribution in [0.25, 0.3) is 66.1 Å². The lowest BCUT2D eigenvalue weighted by molar-refractivity contribution is 1.04. The molecule has 2 aromatic heterocycles. The summed E-state index contributed by atoms with van der Waals surface area (Å²) in [7, 11) is 0. The van der Waals surface area contributed by atoms with Crippen LogP contribution in [-0.2, 0) is 0 Å². The van der Waals surface area contributed by atoms with Crippen LogP contribution in [0.5, 0.6) is 0 Å². The Balaban J connectivity index is 1.55. The molecule has 0 atom stereocenters. The molecule has 0 saturated carbocycles. The molecule has 198 valence electrons. The van der Waals surface area contributed by atoms with Gasteiger partial charge < -0.3 is 0 Å². The van der Waals surface area contributed by atoms with Gasteiger partial charge in [-0.15, -0.1) is 0 Å². The zero-order valence-electron chi connectivity index (χ0n) is 23.1. The van der Waals surface area contributed by atoms with E-state index in [2.05, 4.69) is 79.8 Å². The SMILES string of the molecule is Cc1ccccc1-c1ccc2c3c1c(C#N)ccc3c(=O)n1c3cc(C4=CCCC=C4)cc(-c4ccccc4)c3nc21. The molecule has 42 heavy (non-hydrogen) atoms. The van der Waals surface area contributed by atoms with Crippen LogP contribution in [0.1, 0.15) is 29.5 Å². The molecule has 0 aliphatic heterocycles. The number of hydrogen-bond donors (Lipinski definition) is 0. The first-order chi connectivity index (χ1) is 20.6. The number of aryl methyl sites for hydroxylation is 1. The van der Waals surface area contributed by atoms with Gasteiger partial charge in [0.25, 0.3) is 5.56 Å². The third-order valence-corrected chi connectivity index (χ3v) is 8.56. The minimum atomic E-state index is -0.124. The fraction of sp³-hybridized carbons (Fsp3) is 0.0789. The zero-order chi connectivity index (χ0) is 28.4. The van der Waals surface area contributed by atoms with Gasteiger partial charge in [0.1, 0.15) is 5.65 Å². The molecule has 0 bridgehead atoms. The van der Waals surface area contributed by atoms with Gasteiger partial charge in [0.15, 0.2) is 0 Å². The number of nitriles is 1. The van der Waals surface area contributed by atoms with E-state index in [0.717, 1.165) is 79.0 Å². The van der Waals surface area contributed by atoms with Gasteiger partial charge in [-0.3, -0.25) is 9.20 Å². The molecular weight excluding hydrogens is 514 g/mol.